The summed E-state index contributed by atoms with van der Waals surface area (Å²) in [6, 6.07) is 12.2. The normalized spacial score (nSPS) is 15.7. The second kappa shape index (κ2) is 8.32. The van der Waals surface area contributed by atoms with E-state index in [1.54, 1.807) is 18.6 Å². The van der Waals surface area contributed by atoms with Gasteiger partial charge in [0.25, 0.3) is 5.91 Å². The quantitative estimate of drug-likeness (QED) is 0.610. The van der Waals surface area contributed by atoms with Crippen LogP contribution < -0.4 is 15.4 Å². The molecule has 7 nitrogen and oxygen atoms in total. The molecule has 4 rings (SSSR count). The maximum absolute atomic E-state index is 12.0. The number of nitrogens with zero attached hydrogens (tertiary/aromatic N) is 2. The number of nitrogens with one attached hydrogen (secondary N) is 2. The SMILES string of the molecule is Cc1cc(COc2ccc(Sc3ccncc3C3NC(=O)NC3=O)cc2)ccn1. The first-order valence-corrected chi connectivity index (χ1v) is 9.77. The molecule has 3 heterocycles. The van der Waals surface area contributed by atoms with Crippen LogP contribution in [0.3, 0.4) is 0 Å². The number of imide groups is 1. The maximum Gasteiger partial charge on any atom is 0.322 e. The van der Waals surface area contributed by atoms with E-state index < -0.39 is 12.1 Å². The van der Waals surface area contributed by atoms with Crippen LogP contribution in [0.2, 0.25) is 0 Å². The summed E-state index contributed by atoms with van der Waals surface area (Å²) in [6.45, 7) is 2.42. The minimum Gasteiger partial charge on any atom is -0.489 e. The second-order valence-electron chi connectivity index (χ2n) is 6.48. The van der Waals surface area contributed by atoms with Crippen molar-refractivity contribution in [2.75, 3.05) is 0 Å². The molecule has 1 aliphatic heterocycles. The molecule has 3 amide bonds. The van der Waals surface area contributed by atoms with Crippen LogP contribution in [0.25, 0.3) is 0 Å². The zero-order valence-electron chi connectivity index (χ0n) is 15.6. The van der Waals surface area contributed by atoms with Crippen LogP contribution in [0.5, 0.6) is 5.75 Å². The van der Waals surface area contributed by atoms with Gasteiger partial charge in [-0.2, -0.15) is 0 Å². The Labute approximate surface area is 171 Å². The van der Waals surface area contributed by atoms with Gasteiger partial charge >= 0.3 is 6.03 Å². The van der Waals surface area contributed by atoms with Gasteiger partial charge in [0.05, 0.1) is 0 Å². The molecule has 0 bridgehead atoms. The van der Waals surface area contributed by atoms with Crippen molar-refractivity contribution in [2.45, 2.75) is 29.4 Å². The van der Waals surface area contributed by atoms with Crippen molar-refractivity contribution in [1.82, 2.24) is 20.6 Å². The van der Waals surface area contributed by atoms with E-state index in [1.165, 1.54) is 11.8 Å². The molecule has 146 valence electrons. The molecule has 2 aromatic heterocycles. The zero-order valence-corrected chi connectivity index (χ0v) is 16.4. The summed E-state index contributed by atoms with van der Waals surface area (Å²) >= 11 is 1.49. The van der Waals surface area contributed by atoms with Gasteiger partial charge < -0.3 is 10.1 Å². The number of rotatable bonds is 6. The van der Waals surface area contributed by atoms with E-state index in [0.29, 0.717) is 12.2 Å². The van der Waals surface area contributed by atoms with Gasteiger partial charge in [-0.1, -0.05) is 11.8 Å². The van der Waals surface area contributed by atoms with Crippen molar-refractivity contribution in [3.8, 4) is 5.75 Å². The smallest absolute Gasteiger partial charge is 0.322 e. The average molecular weight is 406 g/mol. The summed E-state index contributed by atoms with van der Waals surface area (Å²) in [5, 5.41) is 4.86. The third-order valence-electron chi connectivity index (χ3n) is 4.31. The summed E-state index contributed by atoms with van der Waals surface area (Å²) in [5.74, 6) is 0.390. The fourth-order valence-corrected chi connectivity index (χ4v) is 3.87. The summed E-state index contributed by atoms with van der Waals surface area (Å²) in [5.41, 5.74) is 2.68. The number of aryl methyl sites for hydroxylation is 1. The van der Waals surface area contributed by atoms with Crippen molar-refractivity contribution in [3.63, 3.8) is 0 Å². The lowest BCUT2D eigenvalue weighted by molar-refractivity contribution is -0.120. The lowest BCUT2D eigenvalue weighted by atomic mass is 10.1. The molecule has 2 N–H and O–H groups in total. The number of carbonyl (C=O) groups excluding carboxylic acids is 2. The van der Waals surface area contributed by atoms with Crippen LogP contribution >= 0.6 is 11.8 Å². The Kier molecular flexibility index (Phi) is 5.44. The number of ether oxygens (including phenoxy) is 1. The molecule has 0 aliphatic carbocycles. The van der Waals surface area contributed by atoms with Crippen LogP contribution in [0.1, 0.15) is 22.9 Å². The summed E-state index contributed by atoms with van der Waals surface area (Å²) in [4.78, 5) is 33.5. The van der Waals surface area contributed by atoms with Gasteiger partial charge in [-0.05, 0) is 55.0 Å². The van der Waals surface area contributed by atoms with Gasteiger partial charge in [-0.3, -0.25) is 20.1 Å². The Morgan fingerprint density at radius 3 is 2.66 bits per heavy atom. The van der Waals surface area contributed by atoms with Crippen LogP contribution in [0.4, 0.5) is 4.79 Å². The Morgan fingerprint density at radius 1 is 1.10 bits per heavy atom. The molecule has 0 spiro atoms. The largest absolute Gasteiger partial charge is 0.489 e. The molecule has 1 fully saturated rings. The Bertz CT molecular complexity index is 1060. The summed E-state index contributed by atoms with van der Waals surface area (Å²) in [7, 11) is 0. The van der Waals surface area contributed by atoms with Crippen LogP contribution in [-0.2, 0) is 11.4 Å². The minimum atomic E-state index is -0.731. The summed E-state index contributed by atoms with van der Waals surface area (Å²) < 4.78 is 5.84. The van der Waals surface area contributed by atoms with E-state index in [4.69, 9.17) is 4.74 Å². The van der Waals surface area contributed by atoms with E-state index in [2.05, 4.69) is 20.6 Å². The minimum absolute atomic E-state index is 0.375. The average Bonchev–Trinajstić information content (AvgIpc) is 3.06. The molecule has 8 heteroatoms. The molecular weight excluding hydrogens is 388 g/mol. The zero-order chi connectivity index (χ0) is 20.2. The van der Waals surface area contributed by atoms with E-state index in [1.807, 2.05) is 49.4 Å². The van der Waals surface area contributed by atoms with Gasteiger partial charge in [0.15, 0.2) is 0 Å². The first-order valence-electron chi connectivity index (χ1n) is 8.96. The van der Waals surface area contributed by atoms with Gasteiger partial charge in [0.1, 0.15) is 18.4 Å². The van der Waals surface area contributed by atoms with Crippen molar-refractivity contribution in [3.05, 3.63) is 77.9 Å². The molecule has 1 aliphatic rings. The molecule has 29 heavy (non-hydrogen) atoms. The molecule has 1 unspecified atom stereocenters. The molecule has 1 atom stereocenters. The van der Waals surface area contributed by atoms with Crippen molar-refractivity contribution < 1.29 is 14.3 Å². The van der Waals surface area contributed by atoms with Crippen molar-refractivity contribution >= 4 is 23.7 Å². The van der Waals surface area contributed by atoms with E-state index >= 15 is 0 Å². The standard InChI is InChI=1S/C21H18N4O3S/c1-13-10-14(6-9-23-13)12-28-15-2-4-16(5-3-15)29-18-7-8-22-11-17(18)19-20(26)25-21(27)24-19/h2-11,19H,12H2,1H3,(H2,24,25,26,27). The number of carbonyl (C=O) groups is 2. The van der Waals surface area contributed by atoms with Crippen molar-refractivity contribution in [2.24, 2.45) is 0 Å². The van der Waals surface area contributed by atoms with Gasteiger partial charge in [0, 0.05) is 39.6 Å². The number of aromatic nitrogens is 2. The molecule has 1 aromatic carbocycles. The first kappa shape index (κ1) is 18.9. The fraction of sp³-hybridized carbons (Fsp3) is 0.143. The van der Waals surface area contributed by atoms with E-state index in [0.717, 1.165) is 26.8 Å². The molecule has 0 saturated carbocycles. The maximum atomic E-state index is 12.0. The highest BCUT2D eigenvalue weighted by atomic mass is 32.2. The first-order chi connectivity index (χ1) is 14.1. The molecule has 3 aromatic rings. The van der Waals surface area contributed by atoms with Crippen LogP contribution in [0.15, 0.2) is 70.8 Å². The van der Waals surface area contributed by atoms with E-state index in [9.17, 15) is 9.59 Å². The highest BCUT2D eigenvalue weighted by Crippen LogP contribution is 2.34. The molecule has 1 saturated heterocycles. The van der Waals surface area contributed by atoms with E-state index in [-0.39, 0.29) is 5.91 Å². The lowest BCUT2D eigenvalue weighted by Crippen LogP contribution is -2.22. The predicted octanol–water partition coefficient (Wildman–Crippen LogP) is 3.40. The van der Waals surface area contributed by atoms with Crippen LogP contribution in [0, 0.1) is 6.92 Å². The number of urea groups is 1. The topological polar surface area (TPSA) is 93.2 Å². The molecular formula is C21H18N4O3S. The number of pyridine rings is 2. The number of hydrogen-bond donors (Lipinski definition) is 2. The highest BCUT2D eigenvalue weighted by Gasteiger charge is 2.32. The molecule has 0 radical (unpaired) electrons. The third-order valence-corrected chi connectivity index (χ3v) is 5.41. The Balaban J connectivity index is 1.44. The van der Waals surface area contributed by atoms with Crippen LogP contribution in [-0.4, -0.2) is 21.9 Å². The summed E-state index contributed by atoms with van der Waals surface area (Å²) in [6.07, 6.45) is 5.04. The lowest BCUT2D eigenvalue weighted by Gasteiger charge is -2.13. The third kappa shape index (κ3) is 4.55. The fourth-order valence-electron chi connectivity index (χ4n) is 2.93. The highest BCUT2D eigenvalue weighted by molar-refractivity contribution is 7.99. The predicted molar refractivity (Wildman–Crippen MR) is 108 cm³/mol. The van der Waals surface area contributed by atoms with Gasteiger partial charge in [-0.25, -0.2) is 4.79 Å². The Morgan fingerprint density at radius 2 is 1.93 bits per heavy atom. The number of amides is 3. The Hall–Kier alpha value is -3.39. The monoisotopic (exact) mass is 406 g/mol. The van der Waals surface area contributed by atoms with Gasteiger partial charge in [-0.15, -0.1) is 0 Å². The second-order valence-corrected chi connectivity index (χ2v) is 7.59. The van der Waals surface area contributed by atoms with Gasteiger partial charge in [0.2, 0.25) is 0 Å². The number of benzene rings is 1. The van der Waals surface area contributed by atoms with Crippen molar-refractivity contribution in [1.29, 1.82) is 0 Å². The number of hydrogen-bond acceptors (Lipinski definition) is 6.